The molecule has 0 heterocycles. The Morgan fingerprint density at radius 2 is 1.62 bits per heavy atom. The second-order valence-corrected chi connectivity index (χ2v) is 10.4. The van der Waals surface area contributed by atoms with Crippen molar-refractivity contribution in [3.05, 3.63) is 93.5 Å². The molecule has 0 spiro atoms. The van der Waals surface area contributed by atoms with E-state index in [1.54, 1.807) is 0 Å². The molecule has 0 aliphatic heterocycles. The number of ether oxygens (including phenoxy) is 2. The van der Waals surface area contributed by atoms with Crippen LogP contribution in [0.2, 0.25) is 10.0 Å². The molecule has 0 radical (unpaired) electrons. The molecule has 2 atom stereocenters. The summed E-state index contributed by atoms with van der Waals surface area (Å²) in [6, 6.07) is 21.9. The van der Waals surface area contributed by atoms with Crippen molar-refractivity contribution in [2.24, 2.45) is 11.7 Å². The summed E-state index contributed by atoms with van der Waals surface area (Å²) >= 11 is 12.5. The Morgan fingerprint density at radius 1 is 1.00 bits per heavy atom. The molecule has 0 aromatic heterocycles. The molecule has 1 aliphatic rings. The molecule has 37 heavy (non-hydrogen) atoms. The van der Waals surface area contributed by atoms with Crippen LogP contribution < -0.4 is 15.2 Å². The molecular weight excluding hydrogens is 507 g/mol. The van der Waals surface area contributed by atoms with Crippen molar-refractivity contribution in [2.75, 3.05) is 19.8 Å². The highest BCUT2D eigenvalue weighted by atomic mass is 35.5. The average Bonchev–Trinajstić information content (AvgIpc) is 3.72. The number of carbonyl (C=O) groups is 1. The van der Waals surface area contributed by atoms with E-state index in [1.165, 1.54) is 0 Å². The summed E-state index contributed by atoms with van der Waals surface area (Å²) in [5, 5.41) is 0.966. The SMILES string of the molecule is Cc1cc(Cl)c(OCCOc2ccc(C[C@H](CN)C(=O)N(C3CC3)C(C)c3ccccc3)cc2)c(Cl)c1. The number of aryl methyl sites for hydroxylation is 1. The quantitative estimate of drug-likeness (QED) is 0.262. The van der Waals surface area contributed by atoms with Gasteiger partial charge in [0.25, 0.3) is 0 Å². The first-order valence-corrected chi connectivity index (χ1v) is 13.5. The maximum atomic E-state index is 13.6. The number of rotatable bonds is 12. The van der Waals surface area contributed by atoms with Crippen LogP contribution in [0.1, 0.15) is 42.5 Å². The summed E-state index contributed by atoms with van der Waals surface area (Å²) in [7, 11) is 0. The zero-order valence-corrected chi connectivity index (χ0v) is 22.8. The second kappa shape index (κ2) is 12.7. The van der Waals surface area contributed by atoms with Gasteiger partial charge < -0.3 is 20.1 Å². The van der Waals surface area contributed by atoms with Crippen LogP contribution in [-0.2, 0) is 11.2 Å². The molecule has 1 amide bonds. The number of hydrogen-bond acceptors (Lipinski definition) is 4. The van der Waals surface area contributed by atoms with Crippen LogP contribution in [0.5, 0.6) is 11.5 Å². The Morgan fingerprint density at radius 3 is 2.22 bits per heavy atom. The van der Waals surface area contributed by atoms with Gasteiger partial charge in [0.2, 0.25) is 5.91 Å². The first kappa shape index (κ1) is 27.3. The topological polar surface area (TPSA) is 64.8 Å². The Kier molecular flexibility index (Phi) is 9.36. The summed E-state index contributed by atoms with van der Waals surface area (Å²) in [6.45, 7) is 5.00. The van der Waals surface area contributed by atoms with Gasteiger partial charge in [-0.05, 0) is 74.1 Å². The highest BCUT2D eigenvalue weighted by Gasteiger charge is 2.38. The van der Waals surface area contributed by atoms with Gasteiger partial charge >= 0.3 is 0 Å². The van der Waals surface area contributed by atoms with Crippen molar-refractivity contribution < 1.29 is 14.3 Å². The second-order valence-electron chi connectivity index (χ2n) is 9.60. The predicted octanol–water partition coefficient (Wildman–Crippen LogP) is 6.63. The molecule has 0 saturated heterocycles. The lowest BCUT2D eigenvalue weighted by Gasteiger charge is -2.33. The number of hydrogen-bond donors (Lipinski definition) is 1. The van der Waals surface area contributed by atoms with Crippen LogP contribution in [0.15, 0.2) is 66.7 Å². The van der Waals surface area contributed by atoms with Gasteiger partial charge in [-0.25, -0.2) is 0 Å². The largest absolute Gasteiger partial charge is 0.490 e. The molecule has 1 aliphatic carbocycles. The highest BCUT2D eigenvalue weighted by Crippen LogP contribution is 2.36. The molecule has 0 bridgehead atoms. The number of benzene rings is 3. The normalized spacial score (nSPS) is 14.6. The van der Waals surface area contributed by atoms with E-state index >= 15 is 0 Å². The molecule has 1 fully saturated rings. The van der Waals surface area contributed by atoms with Crippen molar-refractivity contribution >= 4 is 29.1 Å². The van der Waals surface area contributed by atoms with E-state index < -0.39 is 0 Å². The maximum Gasteiger partial charge on any atom is 0.228 e. The molecule has 4 rings (SSSR count). The first-order chi connectivity index (χ1) is 17.9. The lowest BCUT2D eigenvalue weighted by Crippen LogP contribution is -2.42. The summed E-state index contributed by atoms with van der Waals surface area (Å²) in [6.07, 6.45) is 2.70. The molecule has 196 valence electrons. The number of halogens is 2. The molecule has 5 nitrogen and oxygen atoms in total. The minimum absolute atomic E-state index is 0.0258. The molecule has 7 heteroatoms. The Labute approximate surface area is 229 Å². The fourth-order valence-electron chi connectivity index (χ4n) is 4.55. The lowest BCUT2D eigenvalue weighted by molar-refractivity contribution is -0.138. The van der Waals surface area contributed by atoms with Crippen molar-refractivity contribution in [1.29, 1.82) is 0 Å². The van der Waals surface area contributed by atoms with E-state index in [0.29, 0.717) is 48.0 Å². The number of amides is 1. The van der Waals surface area contributed by atoms with Crippen LogP contribution in [0.4, 0.5) is 0 Å². The summed E-state index contributed by atoms with van der Waals surface area (Å²) < 4.78 is 11.5. The average molecular weight is 542 g/mol. The van der Waals surface area contributed by atoms with E-state index in [4.69, 9.17) is 38.4 Å². The van der Waals surface area contributed by atoms with Crippen molar-refractivity contribution in [3.63, 3.8) is 0 Å². The summed E-state index contributed by atoms with van der Waals surface area (Å²) in [5.41, 5.74) is 9.28. The summed E-state index contributed by atoms with van der Waals surface area (Å²) in [5.74, 6) is 1.05. The van der Waals surface area contributed by atoms with Crippen LogP contribution in [-0.4, -0.2) is 36.6 Å². The predicted molar refractivity (Wildman–Crippen MR) is 150 cm³/mol. The molecule has 3 aromatic rings. The van der Waals surface area contributed by atoms with E-state index in [0.717, 1.165) is 35.3 Å². The van der Waals surface area contributed by atoms with E-state index in [9.17, 15) is 4.79 Å². The van der Waals surface area contributed by atoms with E-state index in [1.807, 2.05) is 61.5 Å². The van der Waals surface area contributed by atoms with Gasteiger partial charge in [-0.2, -0.15) is 0 Å². The van der Waals surface area contributed by atoms with Crippen LogP contribution in [0.25, 0.3) is 0 Å². The monoisotopic (exact) mass is 540 g/mol. The molecule has 1 saturated carbocycles. The molecular formula is C30H34Cl2N2O3. The van der Waals surface area contributed by atoms with Gasteiger partial charge in [0, 0.05) is 12.6 Å². The Bertz CT molecular complexity index is 1160. The van der Waals surface area contributed by atoms with Crippen LogP contribution in [0.3, 0.4) is 0 Å². The van der Waals surface area contributed by atoms with Crippen molar-refractivity contribution in [2.45, 2.75) is 45.2 Å². The number of carbonyl (C=O) groups excluding carboxylic acids is 1. The fourth-order valence-corrected chi connectivity index (χ4v) is 5.25. The number of nitrogens with two attached hydrogens (primary N) is 1. The maximum absolute atomic E-state index is 13.6. The smallest absolute Gasteiger partial charge is 0.228 e. The standard InChI is InChI=1S/C30H34Cl2N2O3/c1-20-16-27(31)29(28(32)17-20)37-15-14-36-26-12-8-22(9-13-26)18-24(19-33)30(35)34(25-10-11-25)21(2)23-6-4-3-5-7-23/h3-9,12-13,16-17,21,24-25H,10-11,14-15,18-19,33H2,1-2H3/t21?,24-/m1/s1. The minimum atomic E-state index is -0.268. The molecule has 2 N–H and O–H groups in total. The van der Waals surface area contributed by atoms with Gasteiger partial charge in [-0.3, -0.25) is 4.79 Å². The fraction of sp³-hybridized carbons (Fsp3) is 0.367. The van der Waals surface area contributed by atoms with Crippen molar-refractivity contribution in [1.82, 2.24) is 4.90 Å². The summed E-state index contributed by atoms with van der Waals surface area (Å²) in [4.78, 5) is 15.6. The zero-order chi connectivity index (χ0) is 26.4. The van der Waals surface area contributed by atoms with Crippen LogP contribution >= 0.6 is 23.2 Å². The third-order valence-electron chi connectivity index (χ3n) is 6.67. The lowest BCUT2D eigenvalue weighted by atomic mass is 9.96. The van der Waals surface area contributed by atoms with Crippen LogP contribution in [0, 0.1) is 12.8 Å². The minimum Gasteiger partial charge on any atom is -0.490 e. The Balaban J connectivity index is 1.31. The van der Waals surface area contributed by atoms with E-state index in [2.05, 4.69) is 24.0 Å². The van der Waals surface area contributed by atoms with E-state index in [-0.39, 0.29) is 17.9 Å². The Hall–Kier alpha value is -2.73. The third-order valence-corrected chi connectivity index (χ3v) is 7.24. The van der Waals surface area contributed by atoms with Gasteiger partial charge in [0.05, 0.1) is 22.0 Å². The zero-order valence-electron chi connectivity index (χ0n) is 21.3. The first-order valence-electron chi connectivity index (χ1n) is 12.7. The highest BCUT2D eigenvalue weighted by molar-refractivity contribution is 6.37. The van der Waals surface area contributed by atoms with Gasteiger partial charge in [0.1, 0.15) is 19.0 Å². The third kappa shape index (κ3) is 7.19. The van der Waals surface area contributed by atoms with Gasteiger partial charge in [0.15, 0.2) is 5.75 Å². The van der Waals surface area contributed by atoms with Gasteiger partial charge in [-0.15, -0.1) is 0 Å². The van der Waals surface area contributed by atoms with Crippen molar-refractivity contribution in [3.8, 4) is 11.5 Å². The molecule has 3 aromatic carbocycles. The van der Waals surface area contributed by atoms with Gasteiger partial charge in [-0.1, -0.05) is 65.7 Å². The number of nitrogens with zero attached hydrogens (tertiary/aromatic N) is 1. The molecule has 1 unspecified atom stereocenters.